The van der Waals surface area contributed by atoms with Crippen LogP contribution in [0.2, 0.25) is 0 Å². The second kappa shape index (κ2) is 11.5. The molecule has 1 aromatic carbocycles. The molecule has 0 bridgehead atoms. The van der Waals surface area contributed by atoms with Crippen LogP contribution in [0.3, 0.4) is 0 Å². The minimum atomic E-state index is -4.98. The van der Waals surface area contributed by atoms with Gasteiger partial charge in [0.25, 0.3) is 17.5 Å². The molecule has 3 aromatic heterocycles. The van der Waals surface area contributed by atoms with Crippen molar-refractivity contribution in [3.8, 4) is 11.4 Å². The molecule has 4 rings (SSSR count). The number of anilines is 1. The van der Waals surface area contributed by atoms with E-state index in [0.717, 1.165) is 36.1 Å². The van der Waals surface area contributed by atoms with E-state index in [1.807, 2.05) is 0 Å². The highest BCUT2D eigenvalue weighted by Crippen LogP contribution is 2.32. The summed E-state index contributed by atoms with van der Waals surface area (Å²) in [5.74, 6) is -1.12. The predicted molar refractivity (Wildman–Crippen MR) is 137 cm³/mol. The zero-order valence-corrected chi connectivity index (χ0v) is 21.9. The number of aliphatic hydroxyl groups is 1. The average Bonchev–Trinajstić information content (AvgIpc) is 2.89. The molecule has 42 heavy (non-hydrogen) atoms. The summed E-state index contributed by atoms with van der Waals surface area (Å²) in [6.07, 6.45) is -6.30. The van der Waals surface area contributed by atoms with Gasteiger partial charge in [0.05, 0.1) is 29.4 Å². The monoisotopic (exact) mass is 600 g/mol. The summed E-state index contributed by atoms with van der Waals surface area (Å²) in [4.78, 5) is 32.3. The second-order valence-electron chi connectivity index (χ2n) is 9.80. The molecule has 0 spiro atoms. The van der Waals surface area contributed by atoms with Gasteiger partial charge in [0.1, 0.15) is 17.6 Å². The zero-order chi connectivity index (χ0) is 31.0. The molecule has 3 N–H and O–H groups in total. The minimum Gasteiger partial charge on any atom is -0.381 e. The number of aromatic nitrogens is 5. The first-order chi connectivity index (χ1) is 19.6. The average molecular weight is 600 g/mol. The van der Waals surface area contributed by atoms with Gasteiger partial charge in [0, 0.05) is 36.6 Å². The van der Waals surface area contributed by atoms with Crippen LogP contribution in [0.5, 0.6) is 0 Å². The molecular formula is C26H23F7N6O3. The van der Waals surface area contributed by atoms with Gasteiger partial charge in [-0.3, -0.25) is 9.59 Å². The number of aromatic amines is 1. The number of fused-ring (bicyclic) bond motifs is 1. The number of hydrogen-bond donors (Lipinski definition) is 3. The Morgan fingerprint density at radius 1 is 1.10 bits per heavy atom. The largest absolute Gasteiger partial charge is 0.423 e. The molecule has 16 heteroatoms. The summed E-state index contributed by atoms with van der Waals surface area (Å²) in [7, 11) is 0. The fourth-order valence-corrected chi connectivity index (χ4v) is 4.26. The summed E-state index contributed by atoms with van der Waals surface area (Å²) in [5.41, 5.74) is -7.30. The smallest absolute Gasteiger partial charge is 0.381 e. The van der Waals surface area contributed by atoms with Gasteiger partial charge in [-0.25, -0.2) is 32.6 Å². The Balaban J connectivity index is 1.52. The van der Waals surface area contributed by atoms with E-state index in [4.69, 9.17) is 0 Å². The fraction of sp³-hybridized carbons (Fsp3) is 0.346. The lowest BCUT2D eigenvalue weighted by Crippen LogP contribution is -2.30. The molecule has 3 atom stereocenters. The van der Waals surface area contributed by atoms with Crippen molar-refractivity contribution < 1.29 is 35.8 Å². The van der Waals surface area contributed by atoms with Gasteiger partial charge in [0.2, 0.25) is 0 Å². The highest BCUT2D eigenvalue weighted by molar-refractivity contribution is 5.86. The van der Waals surface area contributed by atoms with Crippen molar-refractivity contribution in [2.45, 2.75) is 57.2 Å². The number of nitrogens with one attached hydrogen (secondary N) is 2. The van der Waals surface area contributed by atoms with E-state index < -0.39 is 65.1 Å². The number of hydrogen-bond acceptors (Lipinski definition) is 7. The highest BCUT2D eigenvalue weighted by atomic mass is 19.4. The Kier molecular flexibility index (Phi) is 8.39. The van der Waals surface area contributed by atoms with E-state index in [0.29, 0.717) is 0 Å². The van der Waals surface area contributed by atoms with Gasteiger partial charge in [0.15, 0.2) is 11.4 Å². The van der Waals surface area contributed by atoms with Gasteiger partial charge in [-0.05, 0) is 37.4 Å². The molecule has 224 valence electrons. The molecule has 0 saturated carbocycles. The molecule has 0 aliphatic rings. The Labute approximate surface area is 232 Å². The normalized spacial score (nSPS) is 15.0. The minimum absolute atomic E-state index is 0.112. The van der Waals surface area contributed by atoms with Gasteiger partial charge < -0.3 is 15.0 Å². The summed E-state index contributed by atoms with van der Waals surface area (Å²) in [6.45, 7) is 1.76. The zero-order valence-electron chi connectivity index (χ0n) is 21.9. The lowest BCUT2D eigenvalue weighted by molar-refractivity contribution is -0.138. The SMILES string of the molecule is C[C@H](C[C@@H](F)Cn1ccc2cc(-c3ncc([C@](C)(O)C(F)F)cn3)c(F)cc2c1=O)Nc1cn[nH]c(=O)c1C(F)(F)F. The van der Waals surface area contributed by atoms with Crippen molar-refractivity contribution in [3.05, 3.63) is 80.6 Å². The van der Waals surface area contributed by atoms with Gasteiger partial charge in [-0.2, -0.15) is 18.3 Å². The van der Waals surface area contributed by atoms with E-state index in [1.165, 1.54) is 25.3 Å². The molecule has 4 aromatic rings. The molecular weight excluding hydrogens is 577 g/mol. The third kappa shape index (κ3) is 6.27. The summed E-state index contributed by atoms with van der Waals surface area (Å²) >= 11 is 0. The Hall–Kier alpha value is -4.34. The molecule has 0 aliphatic heterocycles. The van der Waals surface area contributed by atoms with Crippen LogP contribution in [0.15, 0.2) is 52.6 Å². The lowest BCUT2D eigenvalue weighted by atomic mass is 10.00. The van der Waals surface area contributed by atoms with E-state index in [1.54, 1.807) is 5.10 Å². The molecule has 3 heterocycles. The molecule has 0 radical (unpaired) electrons. The Morgan fingerprint density at radius 3 is 2.38 bits per heavy atom. The molecule has 0 saturated heterocycles. The third-order valence-corrected chi connectivity index (χ3v) is 6.51. The fourth-order valence-electron chi connectivity index (χ4n) is 4.26. The number of nitrogens with zero attached hydrogens (tertiary/aromatic N) is 4. The molecule has 0 aliphatic carbocycles. The van der Waals surface area contributed by atoms with Gasteiger partial charge in [-0.1, -0.05) is 0 Å². The van der Waals surface area contributed by atoms with Crippen LogP contribution in [0.1, 0.15) is 31.4 Å². The summed E-state index contributed by atoms with van der Waals surface area (Å²) in [6, 6.07) is 2.65. The van der Waals surface area contributed by atoms with Crippen LogP contribution in [-0.4, -0.2) is 48.5 Å². The van der Waals surface area contributed by atoms with Gasteiger partial charge >= 0.3 is 6.18 Å². The number of pyridine rings is 1. The number of halogens is 7. The van der Waals surface area contributed by atoms with E-state index in [-0.39, 0.29) is 34.1 Å². The van der Waals surface area contributed by atoms with Crippen LogP contribution in [0.4, 0.5) is 36.4 Å². The van der Waals surface area contributed by atoms with E-state index in [9.17, 15) is 45.4 Å². The number of benzene rings is 1. The molecule has 0 unspecified atom stereocenters. The standard InChI is InChI=1S/C26H23F7N6O3/c1-12(37-19-10-36-38-22(40)20(19)26(31,32)33)5-15(27)11-39-4-3-13-6-17(18(28)7-16(13)23(39)41)21-34-8-14(9-35-21)25(2,42)24(29)30/h3-4,6-10,12,15,24,42H,5,11H2,1-2H3,(H2,37,38,40)/t12-,15-,25+/m1/s1. The van der Waals surface area contributed by atoms with Crippen molar-refractivity contribution in [2.75, 3.05) is 5.32 Å². The molecule has 9 nitrogen and oxygen atoms in total. The number of H-pyrrole nitrogens is 1. The topological polar surface area (TPSA) is 126 Å². The first kappa shape index (κ1) is 30.6. The van der Waals surface area contributed by atoms with Crippen molar-refractivity contribution in [3.63, 3.8) is 0 Å². The number of alkyl halides is 6. The van der Waals surface area contributed by atoms with Gasteiger partial charge in [-0.15, -0.1) is 0 Å². The lowest BCUT2D eigenvalue weighted by Gasteiger charge is -2.21. The quantitative estimate of drug-likeness (QED) is 0.243. The predicted octanol–water partition coefficient (Wildman–Crippen LogP) is 4.40. The van der Waals surface area contributed by atoms with Crippen LogP contribution in [0.25, 0.3) is 22.2 Å². The maximum absolute atomic E-state index is 15.0. The summed E-state index contributed by atoms with van der Waals surface area (Å²) < 4.78 is 96.7. The maximum Gasteiger partial charge on any atom is 0.423 e. The first-order valence-corrected chi connectivity index (χ1v) is 12.3. The second-order valence-corrected chi connectivity index (χ2v) is 9.80. The van der Waals surface area contributed by atoms with Crippen LogP contribution < -0.4 is 16.4 Å². The van der Waals surface area contributed by atoms with Crippen molar-refractivity contribution >= 4 is 16.5 Å². The molecule has 0 amide bonds. The highest BCUT2D eigenvalue weighted by Gasteiger charge is 2.38. The van der Waals surface area contributed by atoms with E-state index in [2.05, 4.69) is 20.4 Å². The van der Waals surface area contributed by atoms with Crippen molar-refractivity contribution in [1.29, 1.82) is 0 Å². The van der Waals surface area contributed by atoms with Crippen LogP contribution in [0, 0.1) is 5.82 Å². The van der Waals surface area contributed by atoms with Crippen molar-refractivity contribution in [1.82, 2.24) is 24.7 Å². The summed E-state index contributed by atoms with van der Waals surface area (Å²) in [5, 5.41) is 17.5. The van der Waals surface area contributed by atoms with Crippen LogP contribution >= 0.6 is 0 Å². The number of rotatable bonds is 9. The van der Waals surface area contributed by atoms with E-state index >= 15 is 0 Å². The maximum atomic E-state index is 15.0. The first-order valence-electron chi connectivity index (χ1n) is 12.3. The van der Waals surface area contributed by atoms with Crippen LogP contribution in [-0.2, 0) is 18.3 Å². The Bertz CT molecular complexity index is 1700. The Morgan fingerprint density at radius 2 is 1.76 bits per heavy atom. The third-order valence-electron chi connectivity index (χ3n) is 6.51. The molecule has 0 fully saturated rings. The van der Waals surface area contributed by atoms with Crippen molar-refractivity contribution in [2.24, 2.45) is 0 Å².